The van der Waals surface area contributed by atoms with E-state index < -0.39 is 0 Å². The second-order valence-corrected chi connectivity index (χ2v) is 5.06. The second-order valence-electron chi connectivity index (χ2n) is 4.00. The monoisotopic (exact) mass is 286 g/mol. The van der Waals surface area contributed by atoms with Crippen LogP contribution in [0, 0.1) is 12.3 Å². The molecule has 1 heterocycles. The van der Waals surface area contributed by atoms with Crippen LogP contribution in [-0.2, 0) is 11.2 Å². The van der Waals surface area contributed by atoms with Gasteiger partial charge in [0.05, 0.1) is 13.1 Å². The van der Waals surface area contributed by atoms with Crippen molar-refractivity contribution in [2.24, 2.45) is 0 Å². The molecule has 0 saturated heterocycles. The van der Waals surface area contributed by atoms with Gasteiger partial charge in [0.15, 0.2) is 0 Å². The first-order chi connectivity index (χ1) is 9.78. The molecule has 6 heteroatoms. The number of hydrogen-bond acceptors (Lipinski definition) is 5. The molecule has 0 bridgehead atoms. The summed E-state index contributed by atoms with van der Waals surface area (Å²) < 4.78 is 0. The summed E-state index contributed by atoms with van der Waals surface area (Å²) in [5.74, 6) is 2.18. The SMILES string of the molecule is C#CCNC(=O)CNc1nnc(Cc2ccccc2)s1. The Morgan fingerprint density at radius 3 is 2.85 bits per heavy atom. The van der Waals surface area contributed by atoms with Gasteiger partial charge in [0.2, 0.25) is 11.0 Å². The Bertz CT molecular complexity index is 603. The van der Waals surface area contributed by atoms with E-state index in [9.17, 15) is 4.79 Å². The molecule has 0 fully saturated rings. The Balaban J connectivity index is 1.83. The summed E-state index contributed by atoms with van der Waals surface area (Å²) in [5.41, 5.74) is 1.18. The summed E-state index contributed by atoms with van der Waals surface area (Å²) >= 11 is 1.44. The first-order valence-corrected chi connectivity index (χ1v) is 6.90. The molecule has 0 radical (unpaired) electrons. The van der Waals surface area contributed by atoms with E-state index in [0.717, 1.165) is 11.4 Å². The third-order valence-electron chi connectivity index (χ3n) is 2.45. The number of aromatic nitrogens is 2. The van der Waals surface area contributed by atoms with E-state index in [-0.39, 0.29) is 19.0 Å². The van der Waals surface area contributed by atoms with E-state index in [2.05, 4.69) is 26.8 Å². The highest BCUT2D eigenvalue weighted by atomic mass is 32.1. The Labute approximate surface area is 121 Å². The van der Waals surface area contributed by atoms with Crippen LogP contribution in [0.2, 0.25) is 0 Å². The fraction of sp³-hybridized carbons (Fsp3) is 0.214. The van der Waals surface area contributed by atoms with Crippen LogP contribution in [0.3, 0.4) is 0 Å². The number of benzene rings is 1. The van der Waals surface area contributed by atoms with Gasteiger partial charge < -0.3 is 10.6 Å². The summed E-state index contributed by atoms with van der Waals surface area (Å²) in [6.07, 6.45) is 5.79. The average Bonchev–Trinajstić information content (AvgIpc) is 2.91. The summed E-state index contributed by atoms with van der Waals surface area (Å²) in [7, 11) is 0. The second kappa shape index (κ2) is 7.26. The first kappa shape index (κ1) is 14.0. The van der Waals surface area contributed by atoms with Gasteiger partial charge in [0.1, 0.15) is 5.01 Å². The maximum absolute atomic E-state index is 11.4. The Kier molecular flexibility index (Phi) is 5.09. The average molecular weight is 286 g/mol. The van der Waals surface area contributed by atoms with E-state index in [4.69, 9.17) is 6.42 Å². The zero-order chi connectivity index (χ0) is 14.2. The Morgan fingerprint density at radius 1 is 1.30 bits per heavy atom. The lowest BCUT2D eigenvalue weighted by Crippen LogP contribution is -2.29. The van der Waals surface area contributed by atoms with Crippen molar-refractivity contribution in [1.29, 1.82) is 0 Å². The minimum absolute atomic E-state index is 0.141. The van der Waals surface area contributed by atoms with E-state index in [1.807, 2.05) is 30.3 Å². The van der Waals surface area contributed by atoms with Crippen LogP contribution in [0.15, 0.2) is 30.3 Å². The van der Waals surface area contributed by atoms with Crippen LogP contribution in [0.5, 0.6) is 0 Å². The van der Waals surface area contributed by atoms with Gasteiger partial charge in [-0.15, -0.1) is 16.6 Å². The topological polar surface area (TPSA) is 66.9 Å². The number of carbonyl (C=O) groups excluding carboxylic acids is 1. The molecular weight excluding hydrogens is 272 g/mol. The van der Waals surface area contributed by atoms with Gasteiger partial charge in [0, 0.05) is 6.42 Å². The highest BCUT2D eigenvalue weighted by molar-refractivity contribution is 7.15. The van der Waals surface area contributed by atoms with E-state index >= 15 is 0 Å². The van der Waals surface area contributed by atoms with Crippen molar-refractivity contribution >= 4 is 22.4 Å². The third-order valence-corrected chi connectivity index (χ3v) is 3.33. The van der Waals surface area contributed by atoms with Crippen LogP contribution in [0.25, 0.3) is 0 Å². The fourth-order valence-corrected chi connectivity index (χ4v) is 2.30. The van der Waals surface area contributed by atoms with Crippen molar-refractivity contribution in [2.45, 2.75) is 6.42 Å². The normalized spacial score (nSPS) is 9.75. The molecular formula is C14H14N4OS. The number of nitrogens with one attached hydrogen (secondary N) is 2. The molecule has 0 aliphatic carbocycles. The van der Waals surface area contributed by atoms with Crippen LogP contribution < -0.4 is 10.6 Å². The number of rotatable bonds is 6. The number of anilines is 1. The van der Waals surface area contributed by atoms with Crippen molar-refractivity contribution in [3.05, 3.63) is 40.9 Å². The molecule has 0 atom stereocenters. The van der Waals surface area contributed by atoms with Gasteiger partial charge in [-0.05, 0) is 5.56 Å². The standard InChI is InChI=1S/C14H14N4OS/c1-2-8-15-12(19)10-16-14-18-17-13(20-14)9-11-6-4-3-5-7-11/h1,3-7H,8-10H2,(H,15,19)(H,16,18). The van der Waals surface area contributed by atoms with E-state index in [1.54, 1.807) is 0 Å². The van der Waals surface area contributed by atoms with Gasteiger partial charge >= 0.3 is 0 Å². The maximum Gasteiger partial charge on any atom is 0.240 e. The van der Waals surface area contributed by atoms with Crippen LogP contribution in [0.1, 0.15) is 10.6 Å². The zero-order valence-electron chi connectivity index (χ0n) is 10.8. The predicted molar refractivity (Wildman–Crippen MR) is 79.5 cm³/mol. The van der Waals surface area contributed by atoms with Gasteiger partial charge in [-0.3, -0.25) is 4.79 Å². The van der Waals surface area contributed by atoms with Crippen molar-refractivity contribution in [2.75, 3.05) is 18.4 Å². The Hall–Kier alpha value is -2.39. The molecule has 20 heavy (non-hydrogen) atoms. The van der Waals surface area contributed by atoms with E-state index in [0.29, 0.717) is 5.13 Å². The molecule has 2 N–H and O–H groups in total. The van der Waals surface area contributed by atoms with Crippen LogP contribution in [0.4, 0.5) is 5.13 Å². The molecule has 5 nitrogen and oxygen atoms in total. The highest BCUT2D eigenvalue weighted by Crippen LogP contribution is 2.18. The summed E-state index contributed by atoms with van der Waals surface area (Å²) in [5, 5.41) is 15.1. The van der Waals surface area contributed by atoms with Crippen molar-refractivity contribution < 1.29 is 4.79 Å². The number of amides is 1. The van der Waals surface area contributed by atoms with Gasteiger partial charge in [-0.25, -0.2) is 0 Å². The fourth-order valence-electron chi connectivity index (χ4n) is 1.53. The molecule has 0 spiro atoms. The molecule has 1 aromatic heterocycles. The molecule has 1 aromatic carbocycles. The number of nitrogens with zero attached hydrogens (tertiary/aromatic N) is 2. The maximum atomic E-state index is 11.4. The molecule has 1 amide bonds. The highest BCUT2D eigenvalue weighted by Gasteiger charge is 2.06. The molecule has 0 aliphatic heterocycles. The summed E-state index contributed by atoms with van der Waals surface area (Å²) in [6.45, 7) is 0.373. The summed E-state index contributed by atoms with van der Waals surface area (Å²) in [4.78, 5) is 11.4. The minimum atomic E-state index is -0.164. The lowest BCUT2D eigenvalue weighted by atomic mass is 10.2. The van der Waals surface area contributed by atoms with Gasteiger partial charge in [-0.2, -0.15) is 0 Å². The third kappa shape index (κ3) is 4.37. The van der Waals surface area contributed by atoms with Crippen molar-refractivity contribution in [1.82, 2.24) is 15.5 Å². The molecule has 102 valence electrons. The van der Waals surface area contributed by atoms with Crippen LogP contribution >= 0.6 is 11.3 Å². The smallest absolute Gasteiger partial charge is 0.240 e. The zero-order valence-corrected chi connectivity index (χ0v) is 11.6. The number of terminal acetylenes is 1. The van der Waals surface area contributed by atoms with Gasteiger partial charge in [-0.1, -0.05) is 47.6 Å². The largest absolute Gasteiger partial charge is 0.351 e. The van der Waals surface area contributed by atoms with Crippen molar-refractivity contribution in [3.63, 3.8) is 0 Å². The van der Waals surface area contributed by atoms with Gasteiger partial charge in [0.25, 0.3) is 0 Å². The molecule has 0 saturated carbocycles. The first-order valence-electron chi connectivity index (χ1n) is 6.08. The Morgan fingerprint density at radius 2 is 2.10 bits per heavy atom. The van der Waals surface area contributed by atoms with Crippen molar-refractivity contribution in [3.8, 4) is 12.3 Å². The van der Waals surface area contributed by atoms with E-state index in [1.165, 1.54) is 16.9 Å². The minimum Gasteiger partial charge on any atom is -0.351 e. The molecule has 0 aliphatic rings. The quantitative estimate of drug-likeness (QED) is 0.785. The lowest BCUT2D eigenvalue weighted by molar-refractivity contribution is -0.119. The number of hydrogen-bond donors (Lipinski definition) is 2. The molecule has 2 rings (SSSR count). The van der Waals surface area contributed by atoms with Crippen LogP contribution in [-0.4, -0.2) is 29.2 Å². The predicted octanol–water partition coefficient (Wildman–Crippen LogP) is 1.29. The summed E-state index contributed by atoms with van der Waals surface area (Å²) in [6, 6.07) is 10.0. The molecule has 2 aromatic rings. The number of carbonyl (C=O) groups is 1. The molecule has 0 unspecified atom stereocenters. The lowest BCUT2D eigenvalue weighted by Gasteiger charge is -2.01.